The van der Waals surface area contributed by atoms with E-state index in [4.69, 9.17) is 23.2 Å². The molecule has 32 heavy (non-hydrogen) atoms. The van der Waals surface area contributed by atoms with E-state index in [1.165, 1.54) is 30.5 Å². The summed E-state index contributed by atoms with van der Waals surface area (Å²) in [6.45, 7) is 5.24. The Kier molecular flexibility index (Phi) is 8.44. The lowest BCUT2D eigenvalue weighted by Gasteiger charge is -2.30. The van der Waals surface area contributed by atoms with Crippen molar-refractivity contribution in [3.8, 4) is 0 Å². The van der Waals surface area contributed by atoms with Crippen LogP contribution in [-0.2, 0) is 27.9 Å². The van der Waals surface area contributed by atoms with Crippen molar-refractivity contribution >= 4 is 44.8 Å². The molecular weight excluding hydrogens is 469 g/mol. The van der Waals surface area contributed by atoms with Crippen LogP contribution in [0.1, 0.15) is 37.3 Å². The standard InChI is InChI=1S/C23H29Cl2N3O3S/c1-3-22(28(32(2,30)31)19-9-10-20(24)21(25)14-19)23(29)26-15-17-7-6-8-18(13-17)16-27-11-4-5-12-27/h6-10,13-14,22H,3-5,11-12,15-16H2,1-2H3,(H,26,29)/t22-/m0/s1. The molecule has 1 N–H and O–H groups in total. The van der Waals surface area contributed by atoms with Crippen molar-refractivity contribution in [1.82, 2.24) is 10.2 Å². The number of benzene rings is 2. The van der Waals surface area contributed by atoms with E-state index in [0.29, 0.717) is 23.7 Å². The summed E-state index contributed by atoms with van der Waals surface area (Å²) in [5.74, 6) is -0.367. The van der Waals surface area contributed by atoms with Gasteiger partial charge >= 0.3 is 0 Å². The first-order chi connectivity index (χ1) is 15.2. The molecule has 0 spiro atoms. The normalized spacial score (nSPS) is 15.5. The zero-order valence-electron chi connectivity index (χ0n) is 18.4. The Morgan fingerprint density at radius 3 is 2.41 bits per heavy atom. The van der Waals surface area contributed by atoms with Gasteiger partial charge in [-0.3, -0.25) is 14.0 Å². The minimum Gasteiger partial charge on any atom is -0.350 e. The van der Waals surface area contributed by atoms with Gasteiger partial charge in [-0.1, -0.05) is 54.4 Å². The zero-order valence-corrected chi connectivity index (χ0v) is 20.7. The molecule has 0 bridgehead atoms. The van der Waals surface area contributed by atoms with E-state index in [9.17, 15) is 13.2 Å². The molecule has 3 rings (SSSR count). The highest BCUT2D eigenvalue weighted by molar-refractivity contribution is 7.92. The molecule has 2 aromatic carbocycles. The summed E-state index contributed by atoms with van der Waals surface area (Å²) in [5, 5.41) is 3.44. The lowest BCUT2D eigenvalue weighted by molar-refractivity contribution is -0.122. The molecule has 1 aliphatic rings. The first-order valence-corrected chi connectivity index (χ1v) is 13.3. The summed E-state index contributed by atoms with van der Waals surface area (Å²) in [6.07, 6.45) is 3.86. The third-order valence-electron chi connectivity index (χ3n) is 5.55. The number of carbonyl (C=O) groups excluding carboxylic acids is 1. The molecule has 2 aromatic rings. The van der Waals surface area contributed by atoms with Crippen LogP contribution < -0.4 is 9.62 Å². The Labute approximate surface area is 200 Å². The van der Waals surface area contributed by atoms with Gasteiger partial charge in [-0.2, -0.15) is 0 Å². The smallest absolute Gasteiger partial charge is 0.244 e. The molecule has 174 valence electrons. The number of likely N-dealkylation sites (tertiary alicyclic amines) is 1. The van der Waals surface area contributed by atoms with Crippen LogP contribution in [0.5, 0.6) is 0 Å². The number of hydrogen-bond donors (Lipinski definition) is 1. The van der Waals surface area contributed by atoms with Gasteiger partial charge in [-0.15, -0.1) is 0 Å². The lowest BCUT2D eigenvalue weighted by Crippen LogP contribution is -2.49. The Hall–Kier alpha value is -1.80. The van der Waals surface area contributed by atoms with Gasteiger partial charge in [0.05, 0.1) is 22.0 Å². The third kappa shape index (κ3) is 6.38. The third-order valence-corrected chi connectivity index (χ3v) is 7.47. The van der Waals surface area contributed by atoms with Gasteiger partial charge in [0.15, 0.2) is 0 Å². The number of carbonyl (C=O) groups is 1. The van der Waals surface area contributed by atoms with E-state index in [1.54, 1.807) is 13.0 Å². The molecule has 1 aliphatic heterocycles. The van der Waals surface area contributed by atoms with Crippen LogP contribution in [0.4, 0.5) is 5.69 Å². The highest BCUT2D eigenvalue weighted by Gasteiger charge is 2.31. The number of halogens is 2. The van der Waals surface area contributed by atoms with Gasteiger partial charge in [-0.25, -0.2) is 8.42 Å². The molecule has 0 aromatic heterocycles. The van der Waals surface area contributed by atoms with Crippen LogP contribution >= 0.6 is 23.2 Å². The molecule has 9 heteroatoms. The fraction of sp³-hybridized carbons (Fsp3) is 0.435. The lowest BCUT2D eigenvalue weighted by atomic mass is 10.1. The maximum absolute atomic E-state index is 13.0. The fourth-order valence-electron chi connectivity index (χ4n) is 4.03. The van der Waals surface area contributed by atoms with E-state index < -0.39 is 16.1 Å². The highest BCUT2D eigenvalue weighted by atomic mass is 35.5. The van der Waals surface area contributed by atoms with Gasteiger partial charge in [-0.05, 0) is 61.7 Å². The Morgan fingerprint density at radius 2 is 1.78 bits per heavy atom. The number of rotatable bonds is 9. The van der Waals surface area contributed by atoms with Crippen molar-refractivity contribution in [2.24, 2.45) is 0 Å². The number of hydrogen-bond acceptors (Lipinski definition) is 4. The largest absolute Gasteiger partial charge is 0.350 e. The summed E-state index contributed by atoms with van der Waals surface area (Å²) >= 11 is 12.1. The molecule has 0 unspecified atom stereocenters. The minimum absolute atomic E-state index is 0.225. The first-order valence-electron chi connectivity index (χ1n) is 10.7. The number of sulfonamides is 1. The van der Waals surface area contributed by atoms with Crippen LogP contribution in [0.3, 0.4) is 0 Å². The quantitative estimate of drug-likeness (QED) is 0.555. The molecule has 1 heterocycles. The zero-order chi connectivity index (χ0) is 23.3. The van der Waals surface area contributed by atoms with E-state index in [2.05, 4.69) is 22.3 Å². The van der Waals surface area contributed by atoms with Crippen LogP contribution in [0.2, 0.25) is 10.0 Å². The van der Waals surface area contributed by atoms with Crippen LogP contribution in [0, 0.1) is 0 Å². The van der Waals surface area contributed by atoms with Crippen LogP contribution in [0.15, 0.2) is 42.5 Å². The van der Waals surface area contributed by atoms with E-state index in [0.717, 1.165) is 35.8 Å². The minimum atomic E-state index is -3.74. The average Bonchev–Trinajstić information content (AvgIpc) is 3.25. The summed E-state index contributed by atoms with van der Waals surface area (Å²) in [6, 6.07) is 11.8. The highest BCUT2D eigenvalue weighted by Crippen LogP contribution is 2.30. The van der Waals surface area contributed by atoms with Crippen molar-refractivity contribution in [2.45, 2.75) is 45.3 Å². The predicted octanol–water partition coefficient (Wildman–Crippen LogP) is 4.45. The summed E-state index contributed by atoms with van der Waals surface area (Å²) in [5.41, 5.74) is 2.49. The molecular formula is C23H29Cl2N3O3S. The number of nitrogens with one attached hydrogen (secondary N) is 1. The molecule has 0 radical (unpaired) electrons. The number of amides is 1. The Bertz CT molecular complexity index is 1060. The van der Waals surface area contributed by atoms with Crippen LogP contribution in [-0.4, -0.2) is 44.6 Å². The van der Waals surface area contributed by atoms with Crippen molar-refractivity contribution in [3.05, 3.63) is 63.6 Å². The second kappa shape index (κ2) is 10.9. The van der Waals surface area contributed by atoms with Gasteiger partial charge in [0, 0.05) is 13.1 Å². The second-order valence-corrected chi connectivity index (χ2v) is 10.8. The number of anilines is 1. The van der Waals surface area contributed by atoms with Crippen molar-refractivity contribution in [2.75, 3.05) is 23.7 Å². The summed E-state index contributed by atoms with van der Waals surface area (Å²) in [7, 11) is -3.74. The van der Waals surface area contributed by atoms with Gasteiger partial charge < -0.3 is 5.32 Å². The average molecular weight is 498 g/mol. The monoisotopic (exact) mass is 497 g/mol. The number of nitrogens with zero attached hydrogens (tertiary/aromatic N) is 2. The SMILES string of the molecule is CC[C@@H](C(=O)NCc1cccc(CN2CCCC2)c1)N(c1ccc(Cl)c(Cl)c1)S(C)(=O)=O. The van der Waals surface area contributed by atoms with E-state index >= 15 is 0 Å². The molecule has 1 atom stereocenters. The van der Waals surface area contributed by atoms with Crippen molar-refractivity contribution in [3.63, 3.8) is 0 Å². The molecule has 0 aliphatic carbocycles. The molecule has 1 fully saturated rings. The fourth-order valence-corrected chi connectivity index (χ4v) is 5.52. The van der Waals surface area contributed by atoms with E-state index in [1.807, 2.05) is 12.1 Å². The summed E-state index contributed by atoms with van der Waals surface area (Å²) in [4.78, 5) is 15.5. The molecule has 1 amide bonds. The van der Waals surface area contributed by atoms with Crippen LogP contribution in [0.25, 0.3) is 0 Å². The van der Waals surface area contributed by atoms with Gasteiger partial charge in [0.1, 0.15) is 6.04 Å². The topological polar surface area (TPSA) is 69.7 Å². The Balaban J connectivity index is 1.73. The Morgan fingerprint density at radius 1 is 1.09 bits per heavy atom. The van der Waals surface area contributed by atoms with Crippen molar-refractivity contribution in [1.29, 1.82) is 0 Å². The van der Waals surface area contributed by atoms with Gasteiger partial charge in [0.2, 0.25) is 15.9 Å². The predicted molar refractivity (Wildman–Crippen MR) is 131 cm³/mol. The molecule has 6 nitrogen and oxygen atoms in total. The van der Waals surface area contributed by atoms with Crippen molar-refractivity contribution < 1.29 is 13.2 Å². The first kappa shape index (κ1) is 24.8. The second-order valence-electron chi connectivity index (χ2n) is 8.10. The molecule has 1 saturated heterocycles. The maximum atomic E-state index is 13.0. The summed E-state index contributed by atoms with van der Waals surface area (Å²) < 4.78 is 26.3. The maximum Gasteiger partial charge on any atom is 0.244 e. The van der Waals surface area contributed by atoms with E-state index in [-0.39, 0.29) is 10.9 Å². The molecule has 0 saturated carbocycles. The van der Waals surface area contributed by atoms with Gasteiger partial charge in [0.25, 0.3) is 0 Å².